The normalized spacial score (nSPS) is 10.5. The van der Waals surface area contributed by atoms with E-state index in [0.29, 0.717) is 27.0 Å². The van der Waals surface area contributed by atoms with Crippen LogP contribution >= 0.6 is 23.2 Å². The fourth-order valence-corrected chi connectivity index (χ4v) is 2.78. The van der Waals surface area contributed by atoms with Crippen LogP contribution in [0.3, 0.4) is 0 Å². The van der Waals surface area contributed by atoms with Crippen LogP contribution in [0.4, 0.5) is 5.69 Å². The van der Waals surface area contributed by atoms with E-state index in [-0.39, 0.29) is 5.56 Å². The first kappa shape index (κ1) is 22.0. The molecule has 0 fully saturated rings. The fourth-order valence-electron chi connectivity index (χ4n) is 2.38. The van der Waals surface area contributed by atoms with E-state index in [4.69, 9.17) is 27.9 Å². The molecule has 0 saturated carbocycles. The minimum absolute atomic E-state index is 0.258. The summed E-state index contributed by atoms with van der Waals surface area (Å²) in [7, 11) is 0. The Hall–Kier alpha value is -3.68. The van der Waals surface area contributed by atoms with Crippen molar-refractivity contribution in [3.8, 4) is 5.75 Å². The molecule has 3 aromatic carbocycles. The Morgan fingerprint density at radius 2 is 1.61 bits per heavy atom. The molecule has 0 aliphatic carbocycles. The van der Waals surface area contributed by atoms with Crippen molar-refractivity contribution >= 4 is 52.9 Å². The lowest BCUT2D eigenvalue weighted by molar-refractivity contribution is -0.136. The van der Waals surface area contributed by atoms with Gasteiger partial charge in [-0.3, -0.25) is 9.59 Å². The van der Waals surface area contributed by atoms with Gasteiger partial charge in [0, 0.05) is 10.7 Å². The summed E-state index contributed by atoms with van der Waals surface area (Å²) in [5, 5.41) is 6.87. The highest BCUT2D eigenvalue weighted by atomic mass is 35.5. The lowest BCUT2D eigenvalue weighted by Gasteiger charge is -2.06. The molecule has 3 rings (SSSR count). The van der Waals surface area contributed by atoms with E-state index in [9.17, 15) is 14.4 Å². The molecule has 2 amide bonds. The first-order chi connectivity index (χ1) is 14.9. The summed E-state index contributed by atoms with van der Waals surface area (Å²) in [4.78, 5) is 35.8. The Morgan fingerprint density at radius 3 is 2.32 bits per heavy atom. The molecule has 0 spiro atoms. The second-order valence-electron chi connectivity index (χ2n) is 6.10. The Kier molecular flexibility index (Phi) is 7.37. The van der Waals surface area contributed by atoms with Gasteiger partial charge < -0.3 is 10.1 Å². The number of hydrazone groups is 1. The fraction of sp³-hybridized carbons (Fsp3) is 0. The Labute approximate surface area is 187 Å². The number of anilines is 1. The molecule has 0 saturated heterocycles. The van der Waals surface area contributed by atoms with Gasteiger partial charge in [0.1, 0.15) is 5.75 Å². The molecule has 0 bridgehead atoms. The second-order valence-corrected chi connectivity index (χ2v) is 6.95. The molecule has 0 atom stereocenters. The van der Waals surface area contributed by atoms with Gasteiger partial charge in [-0.25, -0.2) is 10.2 Å². The highest BCUT2D eigenvalue weighted by Crippen LogP contribution is 2.19. The molecule has 0 radical (unpaired) electrons. The number of esters is 1. The smallest absolute Gasteiger partial charge is 0.345 e. The number of carbonyl (C=O) groups is 3. The minimum Gasteiger partial charge on any atom is -0.423 e. The number of nitrogens with zero attached hydrogens (tertiary/aromatic N) is 1. The van der Waals surface area contributed by atoms with Crippen molar-refractivity contribution < 1.29 is 19.1 Å². The van der Waals surface area contributed by atoms with Crippen LogP contribution in [0.5, 0.6) is 5.75 Å². The topological polar surface area (TPSA) is 96.9 Å². The van der Waals surface area contributed by atoms with Gasteiger partial charge in [-0.2, -0.15) is 5.10 Å². The van der Waals surface area contributed by atoms with Crippen LogP contribution in [0.15, 0.2) is 77.9 Å². The van der Waals surface area contributed by atoms with Gasteiger partial charge in [0.15, 0.2) is 0 Å². The average Bonchev–Trinajstić information content (AvgIpc) is 2.75. The molecule has 0 aliphatic heterocycles. The SMILES string of the molecule is O=C(N/N=C/c1ccc(OC(=O)c2ccccc2Cl)cc1)C(=O)Nc1cccc(Cl)c1. The third-order valence-electron chi connectivity index (χ3n) is 3.85. The van der Waals surface area contributed by atoms with Crippen molar-refractivity contribution in [2.24, 2.45) is 5.10 Å². The largest absolute Gasteiger partial charge is 0.423 e. The molecule has 0 aromatic heterocycles. The highest BCUT2D eigenvalue weighted by molar-refractivity contribution is 6.39. The summed E-state index contributed by atoms with van der Waals surface area (Å²) in [6, 6.07) is 19.3. The van der Waals surface area contributed by atoms with Crippen LogP contribution in [0.2, 0.25) is 10.0 Å². The number of rotatable bonds is 5. The number of benzene rings is 3. The number of hydrogen-bond acceptors (Lipinski definition) is 5. The van der Waals surface area contributed by atoms with E-state index in [1.807, 2.05) is 0 Å². The van der Waals surface area contributed by atoms with Crippen LogP contribution < -0.4 is 15.5 Å². The third kappa shape index (κ3) is 6.40. The first-order valence-electron chi connectivity index (χ1n) is 8.89. The Balaban J connectivity index is 1.52. The third-order valence-corrected chi connectivity index (χ3v) is 4.42. The van der Waals surface area contributed by atoms with Crippen LogP contribution in [0, 0.1) is 0 Å². The van der Waals surface area contributed by atoms with Gasteiger partial charge in [-0.15, -0.1) is 0 Å². The van der Waals surface area contributed by atoms with Crippen molar-refractivity contribution in [3.05, 3.63) is 94.0 Å². The predicted octanol–water partition coefficient (Wildman–Crippen LogP) is 4.30. The molecule has 0 unspecified atom stereocenters. The van der Waals surface area contributed by atoms with Crippen LogP contribution in [-0.4, -0.2) is 24.0 Å². The van der Waals surface area contributed by atoms with Gasteiger partial charge >= 0.3 is 17.8 Å². The Bertz CT molecular complexity index is 1150. The summed E-state index contributed by atoms with van der Waals surface area (Å²) in [5.74, 6) is -2.10. The maximum Gasteiger partial charge on any atom is 0.345 e. The molecule has 0 heterocycles. The molecule has 3 aromatic rings. The average molecular weight is 456 g/mol. The van der Waals surface area contributed by atoms with Gasteiger partial charge in [0.2, 0.25) is 0 Å². The van der Waals surface area contributed by atoms with E-state index in [2.05, 4.69) is 15.8 Å². The van der Waals surface area contributed by atoms with Crippen molar-refractivity contribution in [1.29, 1.82) is 0 Å². The maximum atomic E-state index is 12.2. The van der Waals surface area contributed by atoms with Crippen LogP contribution in [-0.2, 0) is 9.59 Å². The van der Waals surface area contributed by atoms with Crippen molar-refractivity contribution in [1.82, 2.24) is 5.43 Å². The molecular formula is C22H15Cl2N3O4. The minimum atomic E-state index is -0.943. The first-order valence-corrected chi connectivity index (χ1v) is 9.65. The monoisotopic (exact) mass is 455 g/mol. The van der Waals surface area contributed by atoms with Gasteiger partial charge in [0.05, 0.1) is 16.8 Å². The summed E-state index contributed by atoms with van der Waals surface area (Å²) in [6.45, 7) is 0. The zero-order chi connectivity index (χ0) is 22.2. The molecule has 7 nitrogen and oxygen atoms in total. The zero-order valence-corrected chi connectivity index (χ0v) is 17.4. The van der Waals surface area contributed by atoms with E-state index >= 15 is 0 Å². The van der Waals surface area contributed by atoms with E-state index in [1.54, 1.807) is 66.7 Å². The molecular weight excluding hydrogens is 441 g/mol. The number of amides is 2. The predicted molar refractivity (Wildman–Crippen MR) is 119 cm³/mol. The number of halogens is 2. The van der Waals surface area contributed by atoms with E-state index in [1.165, 1.54) is 12.3 Å². The summed E-state index contributed by atoms with van der Waals surface area (Å²) < 4.78 is 5.28. The summed E-state index contributed by atoms with van der Waals surface area (Å²) in [5.41, 5.74) is 3.38. The molecule has 156 valence electrons. The van der Waals surface area contributed by atoms with Crippen molar-refractivity contribution in [2.75, 3.05) is 5.32 Å². The second kappa shape index (κ2) is 10.4. The van der Waals surface area contributed by atoms with Crippen LogP contribution in [0.1, 0.15) is 15.9 Å². The molecule has 2 N–H and O–H groups in total. The number of ether oxygens (including phenoxy) is 1. The van der Waals surface area contributed by atoms with E-state index < -0.39 is 17.8 Å². The maximum absolute atomic E-state index is 12.2. The summed E-state index contributed by atoms with van der Waals surface area (Å²) >= 11 is 11.8. The number of nitrogens with one attached hydrogen (secondary N) is 2. The van der Waals surface area contributed by atoms with Gasteiger partial charge in [0.25, 0.3) is 0 Å². The lowest BCUT2D eigenvalue weighted by atomic mass is 10.2. The zero-order valence-electron chi connectivity index (χ0n) is 15.8. The number of carbonyl (C=O) groups excluding carboxylic acids is 3. The standard InChI is InChI=1S/C22H15Cl2N3O4/c23-15-4-3-5-16(12-15)26-20(28)21(29)27-25-13-14-8-10-17(11-9-14)31-22(30)18-6-1-2-7-19(18)24/h1-13H,(H,26,28)(H,27,29)/b25-13+. The van der Waals surface area contributed by atoms with Gasteiger partial charge in [-0.1, -0.05) is 41.4 Å². The summed E-state index contributed by atoms with van der Waals surface area (Å²) in [6.07, 6.45) is 1.34. The van der Waals surface area contributed by atoms with Crippen molar-refractivity contribution in [2.45, 2.75) is 0 Å². The van der Waals surface area contributed by atoms with Crippen molar-refractivity contribution in [3.63, 3.8) is 0 Å². The number of hydrogen-bond donors (Lipinski definition) is 2. The Morgan fingerprint density at radius 1 is 0.871 bits per heavy atom. The highest BCUT2D eigenvalue weighted by Gasteiger charge is 2.13. The van der Waals surface area contributed by atoms with E-state index in [0.717, 1.165) is 0 Å². The quantitative estimate of drug-likeness (QED) is 0.197. The van der Waals surface area contributed by atoms with Gasteiger partial charge in [-0.05, 0) is 60.2 Å². The lowest BCUT2D eigenvalue weighted by Crippen LogP contribution is -2.32. The molecule has 31 heavy (non-hydrogen) atoms. The molecule has 9 heteroatoms. The van der Waals surface area contributed by atoms with Crippen LogP contribution in [0.25, 0.3) is 0 Å². The molecule has 0 aliphatic rings.